The molecule has 0 saturated heterocycles. The second kappa shape index (κ2) is 4.44. The quantitative estimate of drug-likeness (QED) is 0.804. The van der Waals surface area contributed by atoms with E-state index in [0.29, 0.717) is 12.1 Å². The molecule has 0 bridgehead atoms. The highest BCUT2D eigenvalue weighted by Crippen LogP contribution is 2.33. The normalized spacial score (nSPS) is 11.8. The van der Waals surface area contributed by atoms with Gasteiger partial charge < -0.3 is 5.11 Å². The van der Waals surface area contributed by atoms with Gasteiger partial charge in [0.2, 0.25) is 0 Å². The molecule has 0 aliphatic heterocycles. The van der Waals surface area contributed by atoms with Gasteiger partial charge in [-0.15, -0.1) is 0 Å². The second-order valence-electron chi connectivity index (χ2n) is 3.64. The zero-order chi connectivity index (χ0) is 14.4. The number of carbonyl (C=O) groups is 1. The Morgan fingerprint density at radius 3 is 2.42 bits per heavy atom. The number of rotatable bonds is 1. The molecule has 1 heterocycles. The molecule has 3 nitrogen and oxygen atoms in total. The molecule has 100 valence electrons. The third-order valence-electron chi connectivity index (χ3n) is 2.37. The maximum atomic E-state index is 13.4. The molecule has 0 aliphatic carbocycles. The zero-order valence-corrected chi connectivity index (χ0v) is 10.5. The van der Waals surface area contributed by atoms with Crippen molar-refractivity contribution < 1.29 is 27.5 Å². The molecular weight excluding hydrogens is 334 g/mol. The van der Waals surface area contributed by atoms with Crippen LogP contribution in [0.4, 0.5) is 17.6 Å². The van der Waals surface area contributed by atoms with Gasteiger partial charge in [-0.3, -0.25) is 0 Å². The van der Waals surface area contributed by atoms with E-state index in [-0.39, 0.29) is 15.4 Å². The summed E-state index contributed by atoms with van der Waals surface area (Å²) in [5.41, 5.74) is -2.09. The molecule has 2 rings (SSSR count). The van der Waals surface area contributed by atoms with E-state index >= 15 is 0 Å². The Bertz CT molecular complexity index is 684. The van der Waals surface area contributed by atoms with Crippen LogP contribution in [-0.4, -0.2) is 16.1 Å². The monoisotopic (exact) mass is 337 g/mol. The highest BCUT2D eigenvalue weighted by molar-refractivity contribution is 9.10. The number of nitrogens with zero attached hydrogens (tertiary/aromatic N) is 1. The van der Waals surface area contributed by atoms with Crippen LogP contribution in [0.5, 0.6) is 0 Å². The molecule has 19 heavy (non-hydrogen) atoms. The average molecular weight is 338 g/mol. The summed E-state index contributed by atoms with van der Waals surface area (Å²) in [7, 11) is 0. The fourth-order valence-electron chi connectivity index (χ4n) is 1.52. The standard InChI is InChI=1S/C11H4BrF4NO2/c12-6-2-9(11(14,15)16)17-8-3-7(13)5(10(18)19)1-4(6)8/h1-3H,(H,18,19). The fourth-order valence-corrected chi connectivity index (χ4v) is 2.05. The van der Waals surface area contributed by atoms with E-state index in [0.717, 1.165) is 6.07 Å². The third-order valence-corrected chi connectivity index (χ3v) is 3.02. The number of aromatic carboxylic acids is 1. The number of alkyl halides is 3. The van der Waals surface area contributed by atoms with Gasteiger partial charge in [-0.05, 0) is 12.1 Å². The second-order valence-corrected chi connectivity index (χ2v) is 4.50. The third kappa shape index (κ3) is 2.53. The Kier molecular flexibility index (Phi) is 3.21. The van der Waals surface area contributed by atoms with Crippen LogP contribution in [0.2, 0.25) is 0 Å². The SMILES string of the molecule is O=C(O)c1cc2c(Br)cc(C(F)(F)F)nc2cc1F. The van der Waals surface area contributed by atoms with Crippen molar-refractivity contribution in [3.63, 3.8) is 0 Å². The first kappa shape index (κ1) is 13.7. The lowest BCUT2D eigenvalue weighted by molar-refractivity contribution is -0.141. The van der Waals surface area contributed by atoms with Gasteiger partial charge in [-0.2, -0.15) is 13.2 Å². The number of hydrogen-bond acceptors (Lipinski definition) is 2. The van der Waals surface area contributed by atoms with Gasteiger partial charge in [-0.25, -0.2) is 14.2 Å². The van der Waals surface area contributed by atoms with Crippen LogP contribution in [0.15, 0.2) is 22.7 Å². The van der Waals surface area contributed by atoms with Gasteiger partial charge in [-0.1, -0.05) is 15.9 Å². The molecule has 0 spiro atoms. The first-order chi connectivity index (χ1) is 8.70. The lowest BCUT2D eigenvalue weighted by Gasteiger charge is -2.09. The van der Waals surface area contributed by atoms with Gasteiger partial charge in [0.1, 0.15) is 11.5 Å². The number of halogens is 5. The predicted octanol–water partition coefficient (Wildman–Crippen LogP) is 3.85. The van der Waals surface area contributed by atoms with Crippen LogP contribution < -0.4 is 0 Å². The Morgan fingerprint density at radius 1 is 1.26 bits per heavy atom. The summed E-state index contributed by atoms with van der Waals surface area (Å²) in [5.74, 6) is -2.65. The van der Waals surface area contributed by atoms with Crippen molar-refractivity contribution in [1.29, 1.82) is 0 Å². The van der Waals surface area contributed by atoms with E-state index in [1.54, 1.807) is 0 Å². The molecule has 1 N–H and O–H groups in total. The van der Waals surface area contributed by atoms with E-state index in [1.165, 1.54) is 0 Å². The Morgan fingerprint density at radius 2 is 1.89 bits per heavy atom. The summed E-state index contributed by atoms with van der Waals surface area (Å²) < 4.78 is 51.0. The molecule has 0 atom stereocenters. The molecule has 8 heteroatoms. The van der Waals surface area contributed by atoms with Crippen molar-refractivity contribution in [3.05, 3.63) is 39.7 Å². The molecule has 0 saturated carbocycles. The van der Waals surface area contributed by atoms with E-state index in [4.69, 9.17) is 5.11 Å². The summed E-state index contributed by atoms with van der Waals surface area (Å²) in [6.07, 6.45) is -4.67. The van der Waals surface area contributed by atoms with E-state index in [1.807, 2.05) is 0 Å². The van der Waals surface area contributed by atoms with Gasteiger partial charge in [0.15, 0.2) is 0 Å². The molecular formula is C11H4BrF4NO2. The molecule has 1 aromatic carbocycles. The molecule has 0 unspecified atom stereocenters. The van der Waals surface area contributed by atoms with E-state index in [2.05, 4.69) is 20.9 Å². The Labute approximate surface area is 112 Å². The fraction of sp³-hybridized carbons (Fsp3) is 0.0909. The van der Waals surface area contributed by atoms with Crippen LogP contribution in [0.1, 0.15) is 16.1 Å². The van der Waals surface area contributed by atoms with Crippen LogP contribution >= 0.6 is 15.9 Å². The topological polar surface area (TPSA) is 50.2 Å². The number of benzene rings is 1. The lowest BCUT2D eigenvalue weighted by atomic mass is 10.1. The summed E-state index contributed by atoms with van der Waals surface area (Å²) in [4.78, 5) is 14.0. The van der Waals surface area contributed by atoms with Gasteiger partial charge in [0, 0.05) is 15.9 Å². The number of fused-ring (bicyclic) bond motifs is 1. The van der Waals surface area contributed by atoms with Crippen molar-refractivity contribution in [2.24, 2.45) is 0 Å². The average Bonchev–Trinajstić information content (AvgIpc) is 2.26. The minimum atomic E-state index is -4.67. The number of carboxylic acids is 1. The maximum Gasteiger partial charge on any atom is 0.433 e. The van der Waals surface area contributed by atoms with Crippen molar-refractivity contribution in [3.8, 4) is 0 Å². The Hall–Kier alpha value is -1.70. The van der Waals surface area contributed by atoms with Gasteiger partial charge in [0.05, 0.1) is 11.1 Å². The van der Waals surface area contributed by atoms with Crippen LogP contribution in [0, 0.1) is 5.82 Å². The minimum Gasteiger partial charge on any atom is -0.478 e. The van der Waals surface area contributed by atoms with Crippen LogP contribution in [0.25, 0.3) is 10.9 Å². The molecule has 1 aromatic heterocycles. The molecule has 0 fully saturated rings. The predicted molar refractivity (Wildman–Crippen MR) is 61.4 cm³/mol. The molecule has 2 aromatic rings. The summed E-state index contributed by atoms with van der Waals surface area (Å²) in [6, 6.07) is 2.31. The van der Waals surface area contributed by atoms with Crippen molar-refractivity contribution in [2.75, 3.05) is 0 Å². The molecule has 0 radical (unpaired) electrons. The number of carboxylic acid groups (broad SMARTS) is 1. The Balaban J connectivity index is 2.78. The summed E-state index contributed by atoms with van der Waals surface area (Å²) in [6.45, 7) is 0. The van der Waals surface area contributed by atoms with Crippen molar-refractivity contribution in [1.82, 2.24) is 4.98 Å². The van der Waals surface area contributed by atoms with Gasteiger partial charge in [0.25, 0.3) is 0 Å². The van der Waals surface area contributed by atoms with E-state index < -0.39 is 29.2 Å². The first-order valence-corrected chi connectivity index (χ1v) is 5.59. The van der Waals surface area contributed by atoms with Crippen LogP contribution in [-0.2, 0) is 6.18 Å². The minimum absolute atomic E-state index is 0.00711. The highest BCUT2D eigenvalue weighted by Gasteiger charge is 2.33. The lowest BCUT2D eigenvalue weighted by Crippen LogP contribution is -2.09. The molecule has 0 amide bonds. The van der Waals surface area contributed by atoms with Crippen molar-refractivity contribution >= 4 is 32.8 Å². The number of pyridine rings is 1. The number of aromatic nitrogens is 1. The highest BCUT2D eigenvalue weighted by atomic mass is 79.9. The van der Waals surface area contributed by atoms with Crippen LogP contribution in [0.3, 0.4) is 0 Å². The largest absolute Gasteiger partial charge is 0.478 e. The summed E-state index contributed by atoms with van der Waals surface area (Å²) >= 11 is 2.89. The maximum absolute atomic E-state index is 13.4. The smallest absolute Gasteiger partial charge is 0.433 e. The molecule has 0 aliphatic rings. The van der Waals surface area contributed by atoms with E-state index in [9.17, 15) is 22.4 Å². The zero-order valence-electron chi connectivity index (χ0n) is 8.92. The number of hydrogen-bond donors (Lipinski definition) is 1. The summed E-state index contributed by atoms with van der Waals surface area (Å²) in [5, 5.41) is 8.83. The van der Waals surface area contributed by atoms with Crippen molar-refractivity contribution in [2.45, 2.75) is 6.18 Å². The first-order valence-electron chi connectivity index (χ1n) is 4.80. The van der Waals surface area contributed by atoms with Gasteiger partial charge >= 0.3 is 12.1 Å².